The van der Waals surface area contributed by atoms with Gasteiger partial charge in [-0.2, -0.15) is 0 Å². The van der Waals surface area contributed by atoms with Gasteiger partial charge in [-0.05, 0) is 41.8 Å². The van der Waals surface area contributed by atoms with Crippen molar-refractivity contribution in [2.24, 2.45) is 5.73 Å². The van der Waals surface area contributed by atoms with Crippen LogP contribution in [0.4, 0.5) is 0 Å². The maximum Gasteiger partial charge on any atom is 0.249 e. The fourth-order valence-corrected chi connectivity index (χ4v) is 3.38. The van der Waals surface area contributed by atoms with Crippen LogP contribution in [0.5, 0.6) is 11.5 Å². The number of rotatable bonds is 10. The fraction of sp³-hybridized carbons (Fsp3) is 0.435. The molecule has 8 heteroatoms. The van der Waals surface area contributed by atoms with Crippen molar-refractivity contribution in [3.8, 4) is 11.5 Å². The van der Waals surface area contributed by atoms with Gasteiger partial charge in [-0.1, -0.05) is 63.0 Å². The van der Waals surface area contributed by atoms with Gasteiger partial charge in [0.1, 0.15) is 12.4 Å². The van der Waals surface area contributed by atoms with E-state index in [0.717, 1.165) is 11.1 Å². The van der Waals surface area contributed by atoms with Gasteiger partial charge >= 0.3 is 0 Å². The summed E-state index contributed by atoms with van der Waals surface area (Å²) in [6.07, 6.45) is -0.646. The third-order valence-corrected chi connectivity index (χ3v) is 5.39. The Kier molecular flexibility index (Phi) is 11.5. The zero-order valence-electron chi connectivity index (χ0n) is 18.3. The van der Waals surface area contributed by atoms with E-state index in [0.29, 0.717) is 40.5 Å². The monoisotopic (exact) mass is 489 g/mol. The normalized spacial score (nSPS) is 11.9. The summed E-state index contributed by atoms with van der Waals surface area (Å²) in [6.45, 7) is 8.34. The average molecular weight is 491 g/mol. The number of ether oxygens (including phenoxy) is 2. The molecule has 0 fully saturated rings. The van der Waals surface area contributed by atoms with Gasteiger partial charge in [0.05, 0.1) is 16.7 Å². The van der Waals surface area contributed by atoms with E-state index >= 15 is 0 Å². The minimum Gasteiger partial charge on any atom is -0.490 e. The molecule has 1 atom stereocenters. The molecule has 0 aromatic heterocycles. The van der Waals surface area contributed by atoms with Gasteiger partial charge in [-0.25, -0.2) is 0 Å². The number of carbonyl (C=O) groups is 1. The van der Waals surface area contributed by atoms with Crippen molar-refractivity contribution in [2.75, 3.05) is 19.1 Å². The van der Waals surface area contributed by atoms with Gasteiger partial charge < -0.3 is 20.3 Å². The van der Waals surface area contributed by atoms with Crippen LogP contribution >= 0.6 is 34.8 Å². The first-order valence-corrected chi connectivity index (χ1v) is 11.3. The second kappa shape index (κ2) is 13.0. The molecule has 1 unspecified atom stereocenters. The van der Waals surface area contributed by atoms with Crippen molar-refractivity contribution in [1.29, 1.82) is 0 Å². The van der Waals surface area contributed by atoms with Crippen LogP contribution < -0.4 is 15.2 Å². The van der Waals surface area contributed by atoms with Crippen LogP contribution in [-0.2, 0) is 10.2 Å². The molecule has 0 saturated heterocycles. The first kappa shape index (κ1) is 27.4. The summed E-state index contributed by atoms with van der Waals surface area (Å²) in [4.78, 5) is 10.9. The van der Waals surface area contributed by atoms with Crippen LogP contribution in [0.2, 0.25) is 10.0 Å². The number of carbonyl (C=O) groups excluding carboxylic acids is 1. The summed E-state index contributed by atoms with van der Waals surface area (Å²) in [7, 11) is 0. The quantitative estimate of drug-likeness (QED) is 0.336. The van der Waals surface area contributed by atoms with Crippen molar-refractivity contribution in [3.63, 3.8) is 0 Å². The highest BCUT2D eigenvalue weighted by molar-refractivity contribution is 6.37. The zero-order valence-corrected chi connectivity index (χ0v) is 20.5. The molecule has 31 heavy (non-hydrogen) atoms. The molecular weight excluding hydrogens is 461 g/mol. The Morgan fingerprint density at radius 1 is 1.06 bits per heavy atom. The Labute approximate surface area is 199 Å². The minimum atomic E-state index is -1.35. The second-order valence-corrected chi connectivity index (χ2v) is 8.23. The van der Waals surface area contributed by atoms with Crippen molar-refractivity contribution in [1.82, 2.24) is 0 Å². The number of halogens is 3. The highest BCUT2D eigenvalue weighted by Gasteiger charge is 2.26. The molecule has 0 aliphatic rings. The summed E-state index contributed by atoms with van der Waals surface area (Å²) in [5, 5.41) is 10.3. The van der Waals surface area contributed by atoms with Crippen LogP contribution in [0.3, 0.4) is 0 Å². The molecule has 172 valence electrons. The number of amides is 1. The Hall–Kier alpha value is -1.66. The molecule has 0 radical (unpaired) electrons. The van der Waals surface area contributed by atoms with E-state index < -0.39 is 17.4 Å². The molecule has 1 amide bonds. The Morgan fingerprint density at radius 2 is 1.61 bits per heavy atom. The van der Waals surface area contributed by atoms with Crippen LogP contribution in [0.1, 0.15) is 45.2 Å². The fourth-order valence-electron chi connectivity index (χ4n) is 2.68. The van der Waals surface area contributed by atoms with Crippen molar-refractivity contribution < 1.29 is 19.4 Å². The molecule has 0 saturated carbocycles. The van der Waals surface area contributed by atoms with E-state index in [9.17, 15) is 9.90 Å². The van der Waals surface area contributed by atoms with Crippen molar-refractivity contribution in [3.05, 3.63) is 57.6 Å². The molecule has 2 rings (SSSR count). The smallest absolute Gasteiger partial charge is 0.249 e. The Balaban J connectivity index is 0.00000233. The van der Waals surface area contributed by atoms with E-state index in [4.69, 9.17) is 50.0 Å². The molecule has 0 aliphatic heterocycles. The largest absolute Gasteiger partial charge is 0.490 e. The molecular formula is C23H30Cl3NO4. The molecule has 5 nitrogen and oxygen atoms in total. The number of benzene rings is 2. The number of alkyl halides is 1. The predicted molar refractivity (Wildman–Crippen MR) is 128 cm³/mol. The number of nitrogens with two attached hydrogens (primary N) is 1. The summed E-state index contributed by atoms with van der Waals surface area (Å²) in [5.74, 6) is 0.645. The molecule has 0 aliphatic carbocycles. The van der Waals surface area contributed by atoms with Crippen molar-refractivity contribution in [2.45, 2.75) is 45.6 Å². The second-order valence-electron chi connectivity index (χ2n) is 7.04. The summed E-state index contributed by atoms with van der Waals surface area (Å²) in [5.41, 5.74) is 6.54. The first-order chi connectivity index (χ1) is 14.7. The molecule has 3 N–H and O–H groups in total. The highest BCUT2D eigenvalue weighted by Crippen LogP contribution is 2.40. The Bertz CT molecular complexity index is 818. The third kappa shape index (κ3) is 7.76. The van der Waals surface area contributed by atoms with Crippen LogP contribution in [0.15, 0.2) is 36.4 Å². The SMILES string of the molecule is CC.CC(C)(c1ccc(OCC(O)C(N)=O)cc1)c1cc(Cl)c(OCCCCl)c(Cl)c1. The zero-order chi connectivity index (χ0) is 23.6. The summed E-state index contributed by atoms with van der Waals surface area (Å²) in [6, 6.07) is 11.0. The van der Waals surface area contributed by atoms with Gasteiger partial charge in [-0.15, -0.1) is 11.6 Å². The van der Waals surface area contributed by atoms with Gasteiger partial charge in [0.15, 0.2) is 11.9 Å². The van der Waals surface area contributed by atoms with E-state index in [2.05, 4.69) is 13.8 Å². The lowest BCUT2D eigenvalue weighted by molar-refractivity contribution is -0.127. The standard InChI is InChI=1S/C21H24Cl3NO4.C2H6/c1-21(2,13-4-6-15(7-5-13)29-12-18(26)20(25)27)14-10-16(23)19(17(24)11-14)28-9-3-8-22;1-2/h4-7,10-11,18,26H,3,8-9,12H2,1-2H3,(H2,25,27);1-2H3. The Morgan fingerprint density at radius 3 is 2.10 bits per heavy atom. The number of aliphatic hydroxyl groups is 1. The third-order valence-electron chi connectivity index (χ3n) is 4.56. The van der Waals surface area contributed by atoms with Gasteiger partial charge in [0, 0.05) is 11.3 Å². The maximum atomic E-state index is 10.9. The lowest BCUT2D eigenvalue weighted by Crippen LogP contribution is -2.33. The number of hydrogen-bond acceptors (Lipinski definition) is 4. The van der Waals surface area contributed by atoms with Gasteiger partial charge in [-0.3, -0.25) is 4.79 Å². The number of hydrogen-bond donors (Lipinski definition) is 2. The molecule has 0 bridgehead atoms. The van der Waals surface area contributed by atoms with E-state index in [-0.39, 0.29) is 6.61 Å². The lowest BCUT2D eigenvalue weighted by atomic mass is 9.78. The number of aliphatic hydroxyl groups excluding tert-OH is 1. The highest BCUT2D eigenvalue weighted by atomic mass is 35.5. The minimum absolute atomic E-state index is 0.200. The topological polar surface area (TPSA) is 81.8 Å². The number of primary amides is 1. The van der Waals surface area contributed by atoms with Crippen molar-refractivity contribution >= 4 is 40.7 Å². The molecule has 0 spiro atoms. The van der Waals surface area contributed by atoms with Crippen LogP contribution in [0.25, 0.3) is 0 Å². The molecule has 0 heterocycles. The van der Waals surface area contributed by atoms with E-state index in [1.807, 2.05) is 38.1 Å². The lowest BCUT2D eigenvalue weighted by Gasteiger charge is -2.27. The van der Waals surface area contributed by atoms with E-state index in [1.165, 1.54) is 0 Å². The van der Waals surface area contributed by atoms with Gasteiger partial charge in [0.25, 0.3) is 0 Å². The predicted octanol–water partition coefficient (Wildman–Crippen LogP) is 5.58. The average Bonchev–Trinajstić information content (AvgIpc) is 2.75. The van der Waals surface area contributed by atoms with E-state index in [1.54, 1.807) is 12.1 Å². The first-order valence-electron chi connectivity index (χ1n) is 10.1. The van der Waals surface area contributed by atoms with Crippen LogP contribution in [-0.4, -0.2) is 36.2 Å². The summed E-state index contributed by atoms with van der Waals surface area (Å²) < 4.78 is 11.0. The van der Waals surface area contributed by atoms with Crippen LogP contribution in [0, 0.1) is 0 Å². The molecule has 2 aromatic rings. The molecule has 2 aromatic carbocycles. The summed E-state index contributed by atoms with van der Waals surface area (Å²) >= 11 is 18.5. The van der Waals surface area contributed by atoms with Gasteiger partial charge in [0.2, 0.25) is 5.91 Å². The maximum absolute atomic E-state index is 10.9.